The Balaban J connectivity index is 1.72. The predicted octanol–water partition coefficient (Wildman–Crippen LogP) is 3.32. The number of amides is 1. The minimum Gasteiger partial charge on any atom is -0.383 e. The average Bonchev–Trinajstić information content (AvgIpc) is 3.13. The average molecular weight is 350 g/mol. The zero-order valence-electron chi connectivity index (χ0n) is 15.1. The van der Waals surface area contributed by atoms with Crippen LogP contribution < -0.4 is 11.1 Å². The number of nitrogen functional groups attached to an aromatic ring is 1. The number of hydrogen-bond acceptors (Lipinski definition) is 5. The van der Waals surface area contributed by atoms with Crippen LogP contribution in [0.25, 0.3) is 22.0 Å². The van der Waals surface area contributed by atoms with Crippen molar-refractivity contribution in [3.8, 4) is 11.3 Å². The van der Waals surface area contributed by atoms with Crippen LogP contribution in [0.1, 0.15) is 38.8 Å². The quantitative estimate of drug-likeness (QED) is 0.668. The number of rotatable bonds is 4. The van der Waals surface area contributed by atoms with Crippen LogP contribution in [0, 0.1) is 11.8 Å². The first-order valence-corrected chi connectivity index (χ1v) is 8.84. The molecule has 3 aromatic heterocycles. The molecule has 2 atom stereocenters. The van der Waals surface area contributed by atoms with Crippen molar-refractivity contribution in [3.05, 3.63) is 30.2 Å². The van der Waals surface area contributed by atoms with Crippen LogP contribution in [-0.2, 0) is 4.79 Å². The Morgan fingerprint density at radius 2 is 2.12 bits per heavy atom. The highest BCUT2D eigenvalue weighted by Gasteiger charge is 2.39. The maximum absolute atomic E-state index is 12.2. The molecular weight excluding hydrogens is 328 g/mol. The number of nitrogens with two attached hydrogens (primary N) is 1. The van der Waals surface area contributed by atoms with Crippen LogP contribution in [-0.4, -0.2) is 26.1 Å². The Bertz CT molecular complexity index is 993. The van der Waals surface area contributed by atoms with E-state index < -0.39 is 0 Å². The van der Waals surface area contributed by atoms with Crippen molar-refractivity contribution in [2.75, 3.05) is 11.1 Å². The van der Waals surface area contributed by atoms with Gasteiger partial charge in [0, 0.05) is 28.8 Å². The highest BCUT2D eigenvalue weighted by molar-refractivity contribution is 5.98. The van der Waals surface area contributed by atoms with Crippen molar-refractivity contribution in [2.24, 2.45) is 11.8 Å². The lowest BCUT2D eigenvalue weighted by molar-refractivity contribution is -0.117. The highest BCUT2D eigenvalue weighted by atomic mass is 16.2. The SMILES string of the molecule is CC(C)c1[nH]ncc1-c1cc2cc(NC(=O)[C@@H]3C[C@H]3C)ncc2c(N)n1. The maximum atomic E-state index is 12.2. The number of anilines is 2. The number of hydrogen-bond donors (Lipinski definition) is 3. The second kappa shape index (κ2) is 6.09. The van der Waals surface area contributed by atoms with E-state index in [0.717, 1.165) is 34.1 Å². The van der Waals surface area contributed by atoms with Gasteiger partial charge in [-0.15, -0.1) is 0 Å². The number of carbonyl (C=O) groups excluding carboxylic acids is 1. The number of aromatic amines is 1. The van der Waals surface area contributed by atoms with Crippen molar-refractivity contribution in [3.63, 3.8) is 0 Å². The summed E-state index contributed by atoms with van der Waals surface area (Å²) in [6.07, 6.45) is 4.37. The number of aromatic nitrogens is 4. The molecule has 4 N–H and O–H groups in total. The molecule has 1 aliphatic rings. The second-order valence-corrected chi connectivity index (χ2v) is 7.34. The van der Waals surface area contributed by atoms with Crippen molar-refractivity contribution in [1.82, 2.24) is 20.2 Å². The van der Waals surface area contributed by atoms with Crippen LogP contribution in [0.15, 0.2) is 24.5 Å². The minimum atomic E-state index is 0.0310. The summed E-state index contributed by atoms with van der Waals surface area (Å²) in [4.78, 5) is 21.0. The van der Waals surface area contributed by atoms with Gasteiger partial charge in [-0.3, -0.25) is 9.89 Å². The normalized spacial score (nSPS) is 19.1. The number of nitrogens with one attached hydrogen (secondary N) is 2. The van der Waals surface area contributed by atoms with Crippen LogP contribution in [0.3, 0.4) is 0 Å². The lowest BCUT2D eigenvalue weighted by Gasteiger charge is -2.10. The van der Waals surface area contributed by atoms with Crippen molar-refractivity contribution in [1.29, 1.82) is 0 Å². The fraction of sp³-hybridized carbons (Fsp3) is 0.368. The molecule has 26 heavy (non-hydrogen) atoms. The first-order chi connectivity index (χ1) is 12.4. The molecule has 1 fully saturated rings. The summed E-state index contributed by atoms with van der Waals surface area (Å²) < 4.78 is 0. The number of carbonyl (C=O) groups is 1. The topological polar surface area (TPSA) is 110 Å². The fourth-order valence-electron chi connectivity index (χ4n) is 3.23. The lowest BCUT2D eigenvalue weighted by Crippen LogP contribution is -2.15. The molecule has 3 heterocycles. The van der Waals surface area contributed by atoms with Gasteiger partial charge in [-0.1, -0.05) is 20.8 Å². The van der Waals surface area contributed by atoms with Gasteiger partial charge in [0.25, 0.3) is 0 Å². The standard InChI is InChI=1S/C19H22N6O/c1-9(2)17-14(8-22-25-17)15-5-11-6-16(21-7-13(11)18(20)23-15)24-19(26)12-4-10(12)3/h5-10,12H,4H2,1-3H3,(H2,20,23)(H,22,25)(H,21,24,26)/t10-,12-/m1/s1. The van der Waals surface area contributed by atoms with Crippen LogP contribution >= 0.6 is 0 Å². The summed E-state index contributed by atoms with van der Waals surface area (Å²) >= 11 is 0. The van der Waals surface area contributed by atoms with Gasteiger partial charge in [-0.2, -0.15) is 5.10 Å². The number of pyridine rings is 2. The molecule has 134 valence electrons. The summed E-state index contributed by atoms with van der Waals surface area (Å²) in [6, 6.07) is 3.80. The molecule has 4 rings (SSSR count). The van der Waals surface area contributed by atoms with E-state index in [0.29, 0.717) is 23.5 Å². The van der Waals surface area contributed by atoms with Gasteiger partial charge in [0.2, 0.25) is 5.91 Å². The molecule has 1 aliphatic carbocycles. The molecule has 0 unspecified atom stereocenters. The summed E-state index contributed by atoms with van der Waals surface area (Å²) in [5, 5.41) is 11.7. The van der Waals surface area contributed by atoms with E-state index in [1.165, 1.54) is 0 Å². The summed E-state index contributed by atoms with van der Waals surface area (Å²) in [6.45, 7) is 6.27. The van der Waals surface area contributed by atoms with Gasteiger partial charge >= 0.3 is 0 Å². The number of H-pyrrole nitrogens is 1. The third-order valence-corrected chi connectivity index (χ3v) is 4.96. The fourth-order valence-corrected chi connectivity index (χ4v) is 3.23. The minimum absolute atomic E-state index is 0.0310. The first-order valence-electron chi connectivity index (χ1n) is 8.84. The molecule has 0 aromatic carbocycles. The van der Waals surface area contributed by atoms with E-state index in [4.69, 9.17) is 5.73 Å². The predicted molar refractivity (Wildman–Crippen MR) is 102 cm³/mol. The van der Waals surface area contributed by atoms with Gasteiger partial charge in [-0.25, -0.2) is 9.97 Å². The molecule has 0 aliphatic heterocycles. The Morgan fingerprint density at radius 3 is 2.81 bits per heavy atom. The molecule has 1 amide bonds. The van der Waals surface area contributed by atoms with E-state index in [2.05, 4.69) is 46.3 Å². The number of fused-ring (bicyclic) bond motifs is 1. The second-order valence-electron chi connectivity index (χ2n) is 7.34. The smallest absolute Gasteiger partial charge is 0.228 e. The summed E-state index contributed by atoms with van der Waals surface area (Å²) in [5.74, 6) is 1.83. The van der Waals surface area contributed by atoms with Crippen molar-refractivity contribution < 1.29 is 4.79 Å². The highest BCUT2D eigenvalue weighted by Crippen LogP contribution is 2.38. The number of nitrogens with zero attached hydrogens (tertiary/aromatic N) is 3. The van der Waals surface area contributed by atoms with Crippen LogP contribution in [0.2, 0.25) is 0 Å². The van der Waals surface area contributed by atoms with E-state index in [1.807, 2.05) is 12.1 Å². The van der Waals surface area contributed by atoms with Crippen molar-refractivity contribution in [2.45, 2.75) is 33.1 Å². The monoisotopic (exact) mass is 350 g/mol. The lowest BCUT2D eigenvalue weighted by atomic mass is 10.0. The Labute approximate surface area is 151 Å². The third-order valence-electron chi connectivity index (χ3n) is 4.96. The van der Waals surface area contributed by atoms with Gasteiger partial charge < -0.3 is 11.1 Å². The van der Waals surface area contributed by atoms with Gasteiger partial charge in [0.05, 0.1) is 11.9 Å². The zero-order chi connectivity index (χ0) is 18.4. The largest absolute Gasteiger partial charge is 0.383 e. The maximum Gasteiger partial charge on any atom is 0.228 e. The molecule has 0 saturated heterocycles. The molecule has 7 nitrogen and oxygen atoms in total. The molecule has 3 aromatic rings. The molecule has 0 spiro atoms. The summed E-state index contributed by atoms with van der Waals surface area (Å²) in [5.41, 5.74) is 8.85. The van der Waals surface area contributed by atoms with Gasteiger partial charge in [0.1, 0.15) is 11.6 Å². The van der Waals surface area contributed by atoms with E-state index >= 15 is 0 Å². The summed E-state index contributed by atoms with van der Waals surface area (Å²) in [7, 11) is 0. The first kappa shape index (κ1) is 16.5. The molecular formula is C19H22N6O. The van der Waals surface area contributed by atoms with Crippen LogP contribution in [0.4, 0.5) is 11.6 Å². The molecule has 1 saturated carbocycles. The van der Waals surface area contributed by atoms with E-state index in [1.54, 1.807) is 12.4 Å². The van der Waals surface area contributed by atoms with Gasteiger partial charge in [0.15, 0.2) is 0 Å². The molecule has 7 heteroatoms. The Morgan fingerprint density at radius 1 is 1.35 bits per heavy atom. The Hall–Kier alpha value is -2.96. The van der Waals surface area contributed by atoms with Gasteiger partial charge in [-0.05, 0) is 35.8 Å². The Kier molecular flexibility index (Phi) is 3.86. The van der Waals surface area contributed by atoms with E-state index in [9.17, 15) is 4.79 Å². The van der Waals surface area contributed by atoms with E-state index in [-0.39, 0.29) is 11.8 Å². The molecule has 0 radical (unpaired) electrons. The molecule has 0 bridgehead atoms. The van der Waals surface area contributed by atoms with Crippen molar-refractivity contribution >= 4 is 28.3 Å². The zero-order valence-corrected chi connectivity index (χ0v) is 15.1. The van der Waals surface area contributed by atoms with Crippen LogP contribution in [0.5, 0.6) is 0 Å². The third kappa shape index (κ3) is 2.89.